The van der Waals surface area contributed by atoms with Crippen molar-refractivity contribution >= 4 is 0 Å². The van der Waals surface area contributed by atoms with E-state index >= 15 is 0 Å². The SMILES string of the molecule is CC1CCN(C[C@H](O)CO[C@H]2C(C)(C)[C@@H]3CC[C@]2(C)C3)CC1. The molecule has 22 heavy (non-hydrogen) atoms. The molecule has 1 heterocycles. The summed E-state index contributed by atoms with van der Waals surface area (Å²) < 4.78 is 6.30. The second-order valence-corrected chi connectivity index (χ2v) is 9.27. The lowest BCUT2D eigenvalue weighted by Crippen LogP contribution is -2.45. The second kappa shape index (κ2) is 6.07. The van der Waals surface area contributed by atoms with Gasteiger partial charge in [0.05, 0.1) is 18.8 Å². The fraction of sp³-hybridized carbons (Fsp3) is 1.00. The molecule has 2 saturated carbocycles. The van der Waals surface area contributed by atoms with Crippen LogP contribution < -0.4 is 0 Å². The molecule has 3 heteroatoms. The van der Waals surface area contributed by atoms with Crippen LogP contribution in [-0.2, 0) is 4.74 Å². The molecule has 3 nitrogen and oxygen atoms in total. The number of aliphatic hydroxyl groups is 1. The van der Waals surface area contributed by atoms with Crippen LogP contribution in [0.15, 0.2) is 0 Å². The van der Waals surface area contributed by atoms with E-state index in [9.17, 15) is 5.11 Å². The Balaban J connectivity index is 1.48. The summed E-state index contributed by atoms with van der Waals surface area (Å²) >= 11 is 0. The molecule has 3 aliphatic rings. The van der Waals surface area contributed by atoms with Crippen molar-refractivity contribution in [2.75, 3.05) is 26.2 Å². The summed E-state index contributed by atoms with van der Waals surface area (Å²) in [4.78, 5) is 2.40. The summed E-state index contributed by atoms with van der Waals surface area (Å²) in [6, 6.07) is 0. The maximum Gasteiger partial charge on any atom is 0.0900 e. The Morgan fingerprint density at radius 1 is 1.18 bits per heavy atom. The third kappa shape index (κ3) is 3.09. The monoisotopic (exact) mass is 309 g/mol. The fourth-order valence-corrected chi connectivity index (χ4v) is 5.48. The number of nitrogens with zero attached hydrogens (tertiary/aromatic N) is 1. The second-order valence-electron chi connectivity index (χ2n) is 9.27. The minimum absolute atomic E-state index is 0.271. The van der Waals surface area contributed by atoms with Gasteiger partial charge in [0.1, 0.15) is 0 Å². The van der Waals surface area contributed by atoms with E-state index in [1.54, 1.807) is 0 Å². The zero-order chi connectivity index (χ0) is 16.0. The van der Waals surface area contributed by atoms with Crippen LogP contribution in [0.3, 0.4) is 0 Å². The standard InChI is InChI=1S/C19H35NO2/c1-14-6-9-20(10-7-14)12-16(21)13-22-17-18(2,3)15-5-8-19(17,4)11-15/h14-17,21H,5-13H2,1-4H3/t15-,16+,17+,19-/m1/s1. The van der Waals surface area contributed by atoms with Gasteiger partial charge in [-0.1, -0.05) is 27.7 Å². The number of fused-ring (bicyclic) bond motifs is 2. The van der Waals surface area contributed by atoms with Gasteiger partial charge in [-0.15, -0.1) is 0 Å². The molecule has 0 aromatic heterocycles. The van der Waals surface area contributed by atoms with Crippen molar-refractivity contribution < 1.29 is 9.84 Å². The summed E-state index contributed by atoms with van der Waals surface area (Å²) in [6.45, 7) is 13.0. The molecule has 0 spiro atoms. The van der Waals surface area contributed by atoms with E-state index in [4.69, 9.17) is 4.74 Å². The van der Waals surface area contributed by atoms with Gasteiger partial charge >= 0.3 is 0 Å². The molecule has 2 aliphatic carbocycles. The molecule has 0 unspecified atom stereocenters. The average molecular weight is 309 g/mol. The molecule has 0 aromatic rings. The minimum Gasteiger partial charge on any atom is -0.389 e. The Morgan fingerprint density at radius 3 is 2.45 bits per heavy atom. The van der Waals surface area contributed by atoms with Gasteiger partial charge in [0, 0.05) is 6.54 Å². The Hall–Kier alpha value is -0.120. The van der Waals surface area contributed by atoms with E-state index in [0.717, 1.165) is 31.5 Å². The normalized spacial score (nSPS) is 40.2. The lowest BCUT2D eigenvalue weighted by atomic mass is 9.70. The molecule has 3 rings (SSSR count). The molecular weight excluding hydrogens is 274 g/mol. The van der Waals surface area contributed by atoms with E-state index in [1.165, 1.54) is 32.1 Å². The van der Waals surface area contributed by atoms with Gasteiger partial charge in [-0.25, -0.2) is 0 Å². The van der Waals surface area contributed by atoms with Gasteiger partial charge < -0.3 is 14.7 Å². The summed E-state index contributed by atoms with van der Waals surface area (Å²) in [5.41, 5.74) is 0.613. The maximum absolute atomic E-state index is 10.4. The number of piperidine rings is 1. The summed E-state index contributed by atoms with van der Waals surface area (Å²) in [5, 5.41) is 10.4. The number of hydrogen-bond donors (Lipinski definition) is 1. The highest BCUT2D eigenvalue weighted by Gasteiger charge is 2.60. The predicted molar refractivity (Wildman–Crippen MR) is 89.8 cm³/mol. The lowest BCUT2D eigenvalue weighted by molar-refractivity contribution is -0.114. The summed E-state index contributed by atoms with van der Waals surface area (Å²) in [7, 11) is 0. The Bertz CT molecular complexity index is 384. The van der Waals surface area contributed by atoms with Crippen molar-refractivity contribution in [1.82, 2.24) is 4.90 Å². The van der Waals surface area contributed by atoms with Crippen LogP contribution in [-0.4, -0.2) is 48.5 Å². The third-order valence-corrected chi connectivity index (χ3v) is 6.94. The van der Waals surface area contributed by atoms with Crippen LogP contribution in [0.2, 0.25) is 0 Å². The highest BCUT2D eigenvalue weighted by molar-refractivity contribution is 5.09. The Labute approximate surface area is 136 Å². The van der Waals surface area contributed by atoms with Gasteiger partial charge in [-0.2, -0.15) is 0 Å². The van der Waals surface area contributed by atoms with Crippen LogP contribution in [0.1, 0.15) is 59.8 Å². The van der Waals surface area contributed by atoms with Gasteiger partial charge in [0.15, 0.2) is 0 Å². The quantitative estimate of drug-likeness (QED) is 0.846. The molecule has 1 N–H and O–H groups in total. The Kier molecular flexibility index (Phi) is 4.61. The van der Waals surface area contributed by atoms with Gasteiger partial charge in [0.25, 0.3) is 0 Å². The van der Waals surface area contributed by atoms with E-state index < -0.39 is 0 Å². The van der Waals surface area contributed by atoms with Crippen LogP contribution >= 0.6 is 0 Å². The first-order valence-electron chi connectivity index (χ1n) is 9.33. The van der Waals surface area contributed by atoms with Gasteiger partial charge in [0.2, 0.25) is 0 Å². The van der Waals surface area contributed by atoms with Crippen LogP contribution in [0.4, 0.5) is 0 Å². The molecule has 128 valence electrons. The number of hydrogen-bond acceptors (Lipinski definition) is 3. The number of aliphatic hydroxyl groups excluding tert-OH is 1. The molecule has 2 bridgehead atoms. The largest absolute Gasteiger partial charge is 0.389 e. The average Bonchev–Trinajstić information content (AvgIpc) is 2.92. The molecule has 3 fully saturated rings. The number of ether oxygens (including phenoxy) is 1. The molecule has 1 saturated heterocycles. The van der Waals surface area contributed by atoms with E-state index in [2.05, 4.69) is 32.6 Å². The zero-order valence-corrected chi connectivity index (χ0v) is 15.0. The molecule has 0 amide bonds. The fourth-order valence-electron chi connectivity index (χ4n) is 5.48. The first-order chi connectivity index (χ1) is 10.3. The van der Waals surface area contributed by atoms with E-state index in [-0.39, 0.29) is 11.5 Å². The molecule has 0 radical (unpaired) electrons. The van der Waals surface area contributed by atoms with Crippen molar-refractivity contribution in [2.24, 2.45) is 22.7 Å². The number of rotatable bonds is 5. The minimum atomic E-state index is -0.341. The highest BCUT2D eigenvalue weighted by atomic mass is 16.5. The van der Waals surface area contributed by atoms with Gasteiger partial charge in [-0.3, -0.25) is 0 Å². The van der Waals surface area contributed by atoms with Crippen molar-refractivity contribution in [3.05, 3.63) is 0 Å². The highest BCUT2D eigenvalue weighted by Crippen LogP contribution is 2.63. The van der Waals surface area contributed by atoms with Crippen molar-refractivity contribution in [3.63, 3.8) is 0 Å². The topological polar surface area (TPSA) is 32.7 Å². The van der Waals surface area contributed by atoms with Gasteiger partial charge in [-0.05, 0) is 67.9 Å². The molecular formula is C19H35NO2. The van der Waals surface area contributed by atoms with Crippen LogP contribution in [0.5, 0.6) is 0 Å². The molecule has 4 atom stereocenters. The number of likely N-dealkylation sites (tertiary alicyclic amines) is 1. The first-order valence-corrected chi connectivity index (χ1v) is 9.33. The zero-order valence-electron chi connectivity index (χ0n) is 15.0. The summed E-state index contributed by atoms with van der Waals surface area (Å²) in [5.74, 6) is 1.66. The maximum atomic E-state index is 10.4. The van der Waals surface area contributed by atoms with E-state index in [1.807, 2.05) is 0 Å². The molecule has 1 aliphatic heterocycles. The van der Waals surface area contributed by atoms with Crippen molar-refractivity contribution in [3.8, 4) is 0 Å². The van der Waals surface area contributed by atoms with E-state index in [0.29, 0.717) is 18.1 Å². The van der Waals surface area contributed by atoms with Crippen LogP contribution in [0, 0.1) is 22.7 Å². The Morgan fingerprint density at radius 2 is 1.86 bits per heavy atom. The third-order valence-electron chi connectivity index (χ3n) is 6.94. The molecule has 0 aromatic carbocycles. The van der Waals surface area contributed by atoms with Crippen LogP contribution in [0.25, 0.3) is 0 Å². The smallest absolute Gasteiger partial charge is 0.0900 e. The van der Waals surface area contributed by atoms with Crippen molar-refractivity contribution in [1.29, 1.82) is 0 Å². The first kappa shape index (κ1) is 16.7. The van der Waals surface area contributed by atoms with Crippen molar-refractivity contribution in [2.45, 2.75) is 72.0 Å². The predicted octanol–water partition coefficient (Wildman–Crippen LogP) is 3.31. The number of β-amino-alcohol motifs (C(OH)–C–C–N with tert-alkyl or cyclic N) is 1. The lowest BCUT2D eigenvalue weighted by Gasteiger charge is -2.42. The summed E-state index contributed by atoms with van der Waals surface area (Å²) in [6.07, 6.45) is 6.47.